The summed E-state index contributed by atoms with van der Waals surface area (Å²) in [5.74, 6) is 0.0366. The first-order valence-corrected chi connectivity index (χ1v) is 11.9. The maximum absolute atomic E-state index is 12.7. The SMILES string of the molecule is O=C(Nc1cccc(OC2CCCC2)c1)C1=NN(C2CCS(=O)(=O)C2)C(=O)CC1. The lowest BCUT2D eigenvalue weighted by atomic mass is 10.1. The van der Waals surface area contributed by atoms with Gasteiger partial charge in [-0.2, -0.15) is 5.10 Å². The first-order chi connectivity index (χ1) is 13.9. The molecule has 1 aromatic carbocycles. The molecule has 1 atom stereocenters. The second kappa shape index (κ2) is 8.14. The minimum atomic E-state index is -3.15. The molecule has 0 spiro atoms. The van der Waals surface area contributed by atoms with Gasteiger partial charge in [-0.1, -0.05) is 6.07 Å². The molecule has 2 heterocycles. The number of hydrogen-bond acceptors (Lipinski definition) is 6. The minimum absolute atomic E-state index is 0.0479. The Kier molecular flexibility index (Phi) is 5.58. The molecule has 1 saturated heterocycles. The summed E-state index contributed by atoms with van der Waals surface area (Å²) < 4.78 is 29.4. The van der Waals surface area contributed by atoms with E-state index in [2.05, 4.69) is 10.4 Å². The normalized spacial score (nSPS) is 24.4. The van der Waals surface area contributed by atoms with Crippen LogP contribution in [0.5, 0.6) is 5.75 Å². The van der Waals surface area contributed by atoms with Gasteiger partial charge in [0.05, 0.1) is 23.7 Å². The van der Waals surface area contributed by atoms with Gasteiger partial charge in [0.25, 0.3) is 5.91 Å². The molecule has 0 aromatic heterocycles. The summed E-state index contributed by atoms with van der Waals surface area (Å²) in [6.07, 6.45) is 5.42. The molecule has 1 unspecified atom stereocenters. The summed E-state index contributed by atoms with van der Waals surface area (Å²) in [5.41, 5.74) is 0.830. The van der Waals surface area contributed by atoms with Crippen LogP contribution in [0.3, 0.4) is 0 Å². The van der Waals surface area contributed by atoms with E-state index in [0.717, 1.165) is 12.8 Å². The first kappa shape index (κ1) is 19.9. The fraction of sp³-hybridized carbons (Fsp3) is 0.550. The summed E-state index contributed by atoms with van der Waals surface area (Å²) in [6, 6.07) is 6.76. The van der Waals surface area contributed by atoms with Crippen molar-refractivity contribution < 1.29 is 22.7 Å². The van der Waals surface area contributed by atoms with E-state index >= 15 is 0 Å². The molecule has 0 radical (unpaired) electrons. The molecule has 2 aliphatic heterocycles. The van der Waals surface area contributed by atoms with Crippen molar-refractivity contribution in [2.75, 3.05) is 16.8 Å². The fourth-order valence-electron chi connectivity index (χ4n) is 4.04. The van der Waals surface area contributed by atoms with Crippen molar-refractivity contribution in [2.45, 2.75) is 57.1 Å². The van der Waals surface area contributed by atoms with Gasteiger partial charge < -0.3 is 10.1 Å². The number of hydrazone groups is 1. The lowest BCUT2D eigenvalue weighted by Gasteiger charge is -2.27. The molecule has 2 fully saturated rings. The van der Waals surface area contributed by atoms with E-state index in [1.165, 1.54) is 17.9 Å². The van der Waals surface area contributed by atoms with Crippen LogP contribution >= 0.6 is 0 Å². The summed E-state index contributed by atoms with van der Waals surface area (Å²) >= 11 is 0. The van der Waals surface area contributed by atoms with E-state index in [4.69, 9.17) is 4.74 Å². The lowest BCUT2D eigenvalue weighted by molar-refractivity contribution is -0.133. The van der Waals surface area contributed by atoms with Crippen molar-refractivity contribution in [3.8, 4) is 5.75 Å². The van der Waals surface area contributed by atoms with Crippen molar-refractivity contribution >= 4 is 33.1 Å². The molecule has 8 nitrogen and oxygen atoms in total. The van der Waals surface area contributed by atoms with Crippen LogP contribution in [0.1, 0.15) is 44.9 Å². The zero-order valence-electron chi connectivity index (χ0n) is 16.2. The van der Waals surface area contributed by atoms with Gasteiger partial charge >= 0.3 is 0 Å². The number of carbonyl (C=O) groups is 2. The van der Waals surface area contributed by atoms with E-state index < -0.39 is 15.9 Å². The van der Waals surface area contributed by atoms with Crippen LogP contribution in [-0.2, 0) is 19.4 Å². The number of nitrogens with one attached hydrogen (secondary N) is 1. The standard InChI is InChI=1S/C20H25N3O5S/c24-19-9-8-18(22-23(19)15-10-11-29(26,27)13-15)20(25)21-14-4-3-7-17(12-14)28-16-5-1-2-6-16/h3-4,7,12,15-16H,1-2,5-6,8-11,13H2,(H,21,25). The highest BCUT2D eigenvalue weighted by molar-refractivity contribution is 7.91. The summed E-state index contributed by atoms with van der Waals surface area (Å²) in [4.78, 5) is 24.9. The van der Waals surface area contributed by atoms with Crippen LogP contribution in [0.2, 0.25) is 0 Å². The molecule has 2 amide bonds. The van der Waals surface area contributed by atoms with Gasteiger partial charge in [-0.3, -0.25) is 9.59 Å². The van der Waals surface area contributed by atoms with E-state index in [-0.39, 0.29) is 48.0 Å². The molecule has 9 heteroatoms. The molecule has 156 valence electrons. The highest BCUT2D eigenvalue weighted by Crippen LogP contribution is 2.26. The number of sulfone groups is 1. The molecule has 1 N–H and O–H groups in total. The van der Waals surface area contributed by atoms with E-state index in [9.17, 15) is 18.0 Å². The van der Waals surface area contributed by atoms with Crippen LogP contribution in [0.25, 0.3) is 0 Å². The van der Waals surface area contributed by atoms with Gasteiger partial charge in [0, 0.05) is 24.6 Å². The zero-order chi connectivity index (χ0) is 20.4. The maximum Gasteiger partial charge on any atom is 0.271 e. The Morgan fingerprint density at radius 3 is 2.69 bits per heavy atom. The van der Waals surface area contributed by atoms with Gasteiger partial charge in [0.1, 0.15) is 11.5 Å². The molecule has 0 bridgehead atoms. The summed E-state index contributed by atoms with van der Waals surface area (Å²) in [7, 11) is -3.15. The fourth-order valence-corrected chi connectivity index (χ4v) is 5.73. The third kappa shape index (κ3) is 4.77. The molecule has 1 aromatic rings. The Morgan fingerprint density at radius 1 is 1.17 bits per heavy atom. The summed E-state index contributed by atoms with van der Waals surface area (Å²) in [6.45, 7) is 0. The Labute approximate surface area is 170 Å². The van der Waals surface area contributed by atoms with Gasteiger partial charge in [0.15, 0.2) is 9.84 Å². The molecule has 1 saturated carbocycles. The van der Waals surface area contributed by atoms with Crippen molar-refractivity contribution in [1.82, 2.24) is 5.01 Å². The number of ether oxygens (including phenoxy) is 1. The number of anilines is 1. The quantitative estimate of drug-likeness (QED) is 0.787. The Balaban J connectivity index is 1.43. The second-order valence-corrected chi connectivity index (χ2v) is 10.1. The molecule has 3 aliphatic rings. The highest BCUT2D eigenvalue weighted by Gasteiger charge is 2.37. The molecule has 29 heavy (non-hydrogen) atoms. The van der Waals surface area contributed by atoms with Gasteiger partial charge in [0.2, 0.25) is 5.91 Å². The average molecular weight is 420 g/mol. The predicted molar refractivity (Wildman–Crippen MR) is 109 cm³/mol. The minimum Gasteiger partial charge on any atom is -0.490 e. The molecular weight excluding hydrogens is 394 g/mol. The predicted octanol–water partition coefficient (Wildman–Crippen LogP) is 2.11. The maximum atomic E-state index is 12.7. The first-order valence-electron chi connectivity index (χ1n) is 10.1. The topological polar surface area (TPSA) is 105 Å². The molecular formula is C20H25N3O5S. The number of nitrogens with zero attached hydrogens (tertiary/aromatic N) is 2. The van der Waals surface area contributed by atoms with Crippen LogP contribution in [0.4, 0.5) is 5.69 Å². The van der Waals surface area contributed by atoms with Crippen LogP contribution in [-0.4, -0.2) is 54.6 Å². The van der Waals surface area contributed by atoms with Gasteiger partial charge in [-0.25, -0.2) is 13.4 Å². The Morgan fingerprint density at radius 2 is 1.97 bits per heavy atom. The van der Waals surface area contributed by atoms with Crippen molar-refractivity contribution in [1.29, 1.82) is 0 Å². The smallest absolute Gasteiger partial charge is 0.271 e. The van der Waals surface area contributed by atoms with Crippen molar-refractivity contribution in [2.24, 2.45) is 5.10 Å². The third-order valence-electron chi connectivity index (χ3n) is 5.57. The summed E-state index contributed by atoms with van der Waals surface area (Å²) in [5, 5.41) is 8.22. The number of carbonyl (C=O) groups excluding carboxylic acids is 2. The Hall–Kier alpha value is -2.42. The number of rotatable bonds is 5. The highest BCUT2D eigenvalue weighted by atomic mass is 32.2. The third-order valence-corrected chi connectivity index (χ3v) is 7.32. The number of benzene rings is 1. The Bertz CT molecular complexity index is 937. The van der Waals surface area contributed by atoms with Gasteiger partial charge in [-0.05, 0) is 44.2 Å². The van der Waals surface area contributed by atoms with Crippen LogP contribution in [0.15, 0.2) is 29.4 Å². The van der Waals surface area contributed by atoms with Crippen molar-refractivity contribution in [3.63, 3.8) is 0 Å². The number of amides is 2. The monoisotopic (exact) mass is 419 g/mol. The van der Waals surface area contributed by atoms with Crippen molar-refractivity contribution in [3.05, 3.63) is 24.3 Å². The molecule has 1 aliphatic carbocycles. The average Bonchev–Trinajstić information content (AvgIpc) is 3.31. The zero-order valence-corrected chi connectivity index (χ0v) is 17.0. The van der Waals surface area contributed by atoms with Crippen LogP contribution in [0, 0.1) is 0 Å². The second-order valence-electron chi connectivity index (χ2n) is 7.85. The van der Waals surface area contributed by atoms with E-state index in [0.29, 0.717) is 17.9 Å². The molecule has 4 rings (SSSR count). The van der Waals surface area contributed by atoms with E-state index in [1.54, 1.807) is 12.1 Å². The van der Waals surface area contributed by atoms with E-state index in [1.807, 2.05) is 12.1 Å². The van der Waals surface area contributed by atoms with Gasteiger partial charge in [-0.15, -0.1) is 0 Å². The largest absolute Gasteiger partial charge is 0.490 e. The van der Waals surface area contributed by atoms with Crippen LogP contribution < -0.4 is 10.1 Å². The number of hydrogen-bond donors (Lipinski definition) is 1. The lowest BCUT2D eigenvalue weighted by Crippen LogP contribution is -2.42.